The summed E-state index contributed by atoms with van der Waals surface area (Å²) in [6, 6.07) is 13.1. The zero-order valence-electron chi connectivity index (χ0n) is 13.3. The fraction of sp³-hybridized carbons (Fsp3) is 0.111. The van der Waals surface area contributed by atoms with E-state index in [-0.39, 0.29) is 12.5 Å². The Labute approximate surface area is 162 Å². The Balaban J connectivity index is 1.58. The molecule has 1 heterocycles. The first-order chi connectivity index (χ1) is 12.0. The molecule has 0 unspecified atom stereocenters. The van der Waals surface area contributed by atoms with Crippen LogP contribution in [0.3, 0.4) is 0 Å². The van der Waals surface area contributed by atoms with Crippen LogP contribution in [0.2, 0.25) is 5.02 Å². The maximum Gasteiger partial charge on any atom is 0.264 e. The predicted octanol–water partition coefficient (Wildman–Crippen LogP) is 5.55. The summed E-state index contributed by atoms with van der Waals surface area (Å²) in [5, 5.41) is 5.86. The average Bonchev–Trinajstić information content (AvgIpc) is 3.05. The van der Waals surface area contributed by atoms with Crippen LogP contribution < -0.4 is 10.1 Å². The minimum absolute atomic E-state index is 0.0890. The molecule has 25 heavy (non-hydrogen) atoms. The first-order valence-corrected chi connectivity index (χ1v) is 9.46. The number of aromatic nitrogens is 1. The number of amides is 1. The normalized spacial score (nSPS) is 10.5. The van der Waals surface area contributed by atoms with E-state index >= 15 is 0 Å². The molecule has 1 amide bonds. The zero-order valence-corrected chi connectivity index (χ0v) is 16.4. The highest BCUT2D eigenvalue weighted by Gasteiger charge is 2.09. The summed E-state index contributed by atoms with van der Waals surface area (Å²) >= 11 is 10.7. The van der Waals surface area contributed by atoms with Crippen LogP contribution in [0.1, 0.15) is 5.56 Å². The number of thiazole rings is 1. The van der Waals surface area contributed by atoms with Gasteiger partial charge in [-0.2, -0.15) is 0 Å². The number of hydrogen-bond donors (Lipinski definition) is 1. The molecule has 0 bridgehead atoms. The van der Waals surface area contributed by atoms with Crippen LogP contribution >= 0.6 is 38.9 Å². The van der Waals surface area contributed by atoms with Crippen molar-refractivity contribution in [1.82, 2.24) is 4.98 Å². The van der Waals surface area contributed by atoms with Crippen molar-refractivity contribution in [2.45, 2.75) is 6.92 Å². The highest BCUT2D eigenvalue weighted by Crippen LogP contribution is 2.26. The summed E-state index contributed by atoms with van der Waals surface area (Å²) in [5.74, 6) is 0.344. The van der Waals surface area contributed by atoms with Gasteiger partial charge in [0.2, 0.25) is 0 Å². The van der Waals surface area contributed by atoms with Crippen molar-refractivity contribution in [3.05, 3.63) is 62.9 Å². The van der Waals surface area contributed by atoms with Gasteiger partial charge in [-0.05, 0) is 42.8 Å². The number of carbonyl (C=O) groups is 1. The summed E-state index contributed by atoms with van der Waals surface area (Å²) in [7, 11) is 0. The molecule has 0 saturated heterocycles. The predicted molar refractivity (Wildman–Crippen MR) is 106 cm³/mol. The minimum atomic E-state index is -0.260. The second-order valence-corrected chi connectivity index (χ2v) is 7.47. The van der Waals surface area contributed by atoms with E-state index in [0.29, 0.717) is 15.9 Å². The van der Waals surface area contributed by atoms with Crippen LogP contribution in [-0.2, 0) is 4.79 Å². The average molecular weight is 438 g/mol. The van der Waals surface area contributed by atoms with Gasteiger partial charge in [-0.3, -0.25) is 10.1 Å². The van der Waals surface area contributed by atoms with Gasteiger partial charge in [0.1, 0.15) is 5.75 Å². The number of benzene rings is 2. The number of ether oxygens (including phenoxy) is 1. The van der Waals surface area contributed by atoms with Gasteiger partial charge < -0.3 is 4.74 Å². The molecular weight excluding hydrogens is 424 g/mol. The van der Waals surface area contributed by atoms with E-state index in [1.807, 2.05) is 36.6 Å². The molecule has 0 radical (unpaired) electrons. The third-order valence-corrected chi connectivity index (χ3v) is 5.10. The molecule has 7 heteroatoms. The molecule has 1 N–H and O–H groups in total. The van der Waals surface area contributed by atoms with Crippen LogP contribution in [0.15, 0.2) is 52.3 Å². The van der Waals surface area contributed by atoms with Crippen molar-refractivity contribution in [3.63, 3.8) is 0 Å². The second kappa shape index (κ2) is 7.99. The molecule has 0 aliphatic heterocycles. The van der Waals surface area contributed by atoms with Gasteiger partial charge in [0, 0.05) is 20.4 Å². The molecule has 0 fully saturated rings. The number of aryl methyl sites for hydroxylation is 1. The molecule has 4 nitrogen and oxygen atoms in total. The molecule has 0 aliphatic carbocycles. The fourth-order valence-electron chi connectivity index (χ4n) is 2.10. The zero-order chi connectivity index (χ0) is 17.8. The number of hydrogen-bond acceptors (Lipinski definition) is 4. The van der Waals surface area contributed by atoms with Crippen LogP contribution in [0.25, 0.3) is 11.3 Å². The van der Waals surface area contributed by atoms with Crippen molar-refractivity contribution in [3.8, 4) is 17.0 Å². The van der Waals surface area contributed by atoms with E-state index in [1.165, 1.54) is 11.3 Å². The number of halogens is 2. The summed E-state index contributed by atoms with van der Waals surface area (Å²) in [6.45, 7) is 1.79. The van der Waals surface area contributed by atoms with E-state index in [9.17, 15) is 4.79 Å². The van der Waals surface area contributed by atoms with Gasteiger partial charge in [-0.15, -0.1) is 11.3 Å². The van der Waals surface area contributed by atoms with Gasteiger partial charge in [-0.1, -0.05) is 39.7 Å². The van der Waals surface area contributed by atoms with Crippen molar-refractivity contribution >= 4 is 49.9 Å². The summed E-state index contributed by atoms with van der Waals surface area (Å²) in [6.07, 6.45) is 0. The van der Waals surface area contributed by atoms with Crippen molar-refractivity contribution in [2.75, 3.05) is 11.9 Å². The molecule has 2 aromatic carbocycles. The van der Waals surface area contributed by atoms with Crippen LogP contribution in [0.4, 0.5) is 5.13 Å². The largest absolute Gasteiger partial charge is 0.484 e. The standard InChI is InChI=1S/C18H14BrClN2O2S/c1-11-8-14(6-7-15(11)20)24-9-17(23)22-18-21-16(10-25-18)12-2-4-13(19)5-3-12/h2-8,10H,9H2,1H3,(H,21,22,23). The topological polar surface area (TPSA) is 51.2 Å². The molecule has 0 saturated carbocycles. The Hall–Kier alpha value is -1.89. The molecular formula is C18H14BrClN2O2S. The smallest absolute Gasteiger partial charge is 0.264 e. The lowest BCUT2D eigenvalue weighted by Gasteiger charge is -2.07. The third-order valence-electron chi connectivity index (χ3n) is 3.39. The van der Waals surface area contributed by atoms with E-state index in [2.05, 4.69) is 26.2 Å². The van der Waals surface area contributed by atoms with Crippen molar-refractivity contribution in [1.29, 1.82) is 0 Å². The lowest BCUT2D eigenvalue weighted by Crippen LogP contribution is -2.20. The highest BCUT2D eigenvalue weighted by atomic mass is 79.9. The van der Waals surface area contributed by atoms with E-state index in [0.717, 1.165) is 21.3 Å². The first-order valence-electron chi connectivity index (χ1n) is 7.41. The first kappa shape index (κ1) is 17.9. The lowest BCUT2D eigenvalue weighted by molar-refractivity contribution is -0.118. The van der Waals surface area contributed by atoms with E-state index in [1.54, 1.807) is 18.2 Å². The van der Waals surface area contributed by atoms with Crippen LogP contribution in [0, 0.1) is 6.92 Å². The Morgan fingerprint density at radius 1 is 1.28 bits per heavy atom. The Morgan fingerprint density at radius 2 is 2.04 bits per heavy atom. The Bertz CT molecular complexity index is 896. The molecule has 0 spiro atoms. The second-order valence-electron chi connectivity index (χ2n) is 5.29. The molecule has 3 rings (SSSR count). The number of anilines is 1. The molecule has 0 atom stereocenters. The van der Waals surface area contributed by atoms with E-state index < -0.39 is 0 Å². The van der Waals surface area contributed by atoms with Crippen molar-refractivity contribution < 1.29 is 9.53 Å². The lowest BCUT2D eigenvalue weighted by atomic mass is 10.2. The number of nitrogens with one attached hydrogen (secondary N) is 1. The third kappa shape index (κ3) is 4.81. The van der Waals surface area contributed by atoms with E-state index in [4.69, 9.17) is 16.3 Å². The summed E-state index contributed by atoms with van der Waals surface area (Å²) < 4.78 is 6.49. The molecule has 1 aromatic heterocycles. The molecule has 0 aliphatic rings. The number of rotatable bonds is 5. The maximum absolute atomic E-state index is 12.0. The summed E-state index contributed by atoms with van der Waals surface area (Å²) in [4.78, 5) is 16.5. The van der Waals surface area contributed by atoms with Crippen LogP contribution in [0.5, 0.6) is 5.75 Å². The van der Waals surface area contributed by atoms with Gasteiger partial charge in [0.25, 0.3) is 5.91 Å². The fourth-order valence-corrected chi connectivity index (χ4v) is 3.21. The van der Waals surface area contributed by atoms with Gasteiger partial charge >= 0.3 is 0 Å². The summed E-state index contributed by atoms with van der Waals surface area (Å²) in [5.41, 5.74) is 2.72. The molecule has 3 aromatic rings. The van der Waals surface area contributed by atoms with Gasteiger partial charge in [0.15, 0.2) is 11.7 Å². The molecule has 128 valence electrons. The van der Waals surface area contributed by atoms with Crippen molar-refractivity contribution in [2.24, 2.45) is 0 Å². The highest BCUT2D eigenvalue weighted by molar-refractivity contribution is 9.10. The monoisotopic (exact) mass is 436 g/mol. The quantitative estimate of drug-likeness (QED) is 0.569. The van der Waals surface area contributed by atoms with Gasteiger partial charge in [0.05, 0.1) is 5.69 Å². The maximum atomic E-state index is 12.0. The minimum Gasteiger partial charge on any atom is -0.484 e. The number of carbonyl (C=O) groups excluding carboxylic acids is 1. The Morgan fingerprint density at radius 3 is 2.76 bits per heavy atom. The SMILES string of the molecule is Cc1cc(OCC(=O)Nc2nc(-c3ccc(Br)cc3)cs2)ccc1Cl. The van der Waals surface area contributed by atoms with Crippen LogP contribution in [-0.4, -0.2) is 17.5 Å². The Kier molecular flexibility index (Phi) is 5.73. The number of nitrogens with zero attached hydrogens (tertiary/aromatic N) is 1. The van der Waals surface area contributed by atoms with Gasteiger partial charge in [-0.25, -0.2) is 4.98 Å².